The Balaban J connectivity index is 1.68. The van der Waals surface area contributed by atoms with Gasteiger partial charge in [-0.3, -0.25) is 4.79 Å². The first-order chi connectivity index (χ1) is 11.8. The summed E-state index contributed by atoms with van der Waals surface area (Å²) in [7, 11) is 0. The first-order valence-corrected chi connectivity index (χ1v) is 8.54. The van der Waals surface area contributed by atoms with E-state index < -0.39 is 24.3 Å². The number of aromatic nitrogens is 2. The number of hydrogen-bond acceptors (Lipinski definition) is 2. The monoisotopic (exact) mass is 350 g/mol. The summed E-state index contributed by atoms with van der Waals surface area (Å²) in [5.41, 5.74) is 3.18. The predicted octanol–water partition coefficient (Wildman–Crippen LogP) is 4.98. The summed E-state index contributed by atoms with van der Waals surface area (Å²) in [5.74, 6) is -0.913. The molecule has 1 aromatic carbocycles. The van der Waals surface area contributed by atoms with Crippen LogP contribution in [0, 0.1) is 12.8 Å². The fourth-order valence-corrected chi connectivity index (χ4v) is 3.65. The predicted molar refractivity (Wildman–Crippen MR) is 88.7 cm³/mol. The number of nitrogens with zero attached hydrogens (tertiary/aromatic N) is 2. The van der Waals surface area contributed by atoms with Crippen molar-refractivity contribution in [2.24, 2.45) is 5.92 Å². The van der Waals surface area contributed by atoms with E-state index >= 15 is 0 Å². The van der Waals surface area contributed by atoms with E-state index in [0.29, 0.717) is 25.7 Å². The van der Waals surface area contributed by atoms with E-state index in [1.807, 2.05) is 35.9 Å². The molecule has 0 bridgehead atoms. The molecule has 0 N–H and O–H groups in total. The van der Waals surface area contributed by atoms with E-state index in [1.54, 1.807) is 6.20 Å². The fourth-order valence-electron chi connectivity index (χ4n) is 3.65. The van der Waals surface area contributed by atoms with Crippen molar-refractivity contribution >= 4 is 5.78 Å². The van der Waals surface area contributed by atoms with Crippen molar-refractivity contribution < 1.29 is 18.0 Å². The van der Waals surface area contributed by atoms with Crippen LogP contribution < -0.4 is 0 Å². The SMILES string of the molecule is Cc1cccc(-n2nccc2C2CCC(C(=O)CC(F)(F)F)CC2)c1. The van der Waals surface area contributed by atoms with Gasteiger partial charge in [0.25, 0.3) is 0 Å². The third-order valence-electron chi connectivity index (χ3n) is 4.89. The molecule has 3 nitrogen and oxygen atoms in total. The molecule has 0 amide bonds. The van der Waals surface area contributed by atoms with Gasteiger partial charge in [0, 0.05) is 23.7 Å². The first-order valence-electron chi connectivity index (χ1n) is 8.54. The normalized spacial score (nSPS) is 21.3. The van der Waals surface area contributed by atoms with Crippen molar-refractivity contribution in [2.75, 3.05) is 0 Å². The van der Waals surface area contributed by atoms with Crippen LogP contribution in [0.1, 0.15) is 49.3 Å². The number of ketones is 1. The second-order valence-electron chi connectivity index (χ2n) is 6.81. The van der Waals surface area contributed by atoms with Crippen molar-refractivity contribution in [3.05, 3.63) is 47.8 Å². The van der Waals surface area contributed by atoms with E-state index in [2.05, 4.69) is 11.2 Å². The Morgan fingerprint density at radius 2 is 1.92 bits per heavy atom. The van der Waals surface area contributed by atoms with Crippen molar-refractivity contribution in [1.82, 2.24) is 9.78 Å². The van der Waals surface area contributed by atoms with Crippen LogP contribution in [0.4, 0.5) is 13.2 Å². The maximum atomic E-state index is 12.4. The number of halogens is 3. The Hall–Kier alpha value is -2.11. The lowest BCUT2D eigenvalue weighted by Crippen LogP contribution is -2.26. The molecule has 3 rings (SSSR count). The molecule has 1 saturated carbocycles. The summed E-state index contributed by atoms with van der Waals surface area (Å²) in [6.45, 7) is 2.02. The summed E-state index contributed by atoms with van der Waals surface area (Å²) < 4.78 is 39.1. The summed E-state index contributed by atoms with van der Waals surface area (Å²) in [6, 6.07) is 9.99. The highest BCUT2D eigenvalue weighted by Crippen LogP contribution is 2.38. The molecule has 0 unspecified atom stereocenters. The average Bonchev–Trinajstić information content (AvgIpc) is 3.03. The molecule has 0 radical (unpaired) electrons. The lowest BCUT2D eigenvalue weighted by atomic mass is 9.78. The smallest absolute Gasteiger partial charge is 0.299 e. The largest absolute Gasteiger partial charge is 0.395 e. The molecule has 0 saturated heterocycles. The van der Waals surface area contributed by atoms with Gasteiger partial charge >= 0.3 is 6.18 Å². The molecule has 0 spiro atoms. The summed E-state index contributed by atoms with van der Waals surface area (Å²) in [6.07, 6.45) is -1.51. The van der Waals surface area contributed by atoms with Gasteiger partial charge in [-0.15, -0.1) is 0 Å². The third-order valence-corrected chi connectivity index (χ3v) is 4.89. The molecule has 25 heavy (non-hydrogen) atoms. The number of Topliss-reactive ketones (excluding diaryl/α,β-unsaturated/α-hetero) is 1. The summed E-state index contributed by atoms with van der Waals surface area (Å²) >= 11 is 0. The van der Waals surface area contributed by atoms with Crippen LogP contribution >= 0.6 is 0 Å². The quantitative estimate of drug-likeness (QED) is 0.780. The molecule has 134 valence electrons. The molecule has 0 aliphatic heterocycles. The Kier molecular flexibility index (Phi) is 4.97. The Morgan fingerprint density at radius 3 is 2.56 bits per heavy atom. The first kappa shape index (κ1) is 17.7. The highest BCUT2D eigenvalue weighted by molar-refractivity contribution is 5.81. The van der Waals surface area contributed by atoms with Gasteiger partial charge in [0.15, 0.2) is 0 Å². The van der Waals surface area contributed by atoms with Crippen LogP contribution in [0.15, 0.2) is 36.5 Å². The van der Waals surface area contributed by atoms with Crippen LogP contribution in [0.2, 0.25) is 0 Å². The summed E-state index contributed by atoms with van der Waals surface area (Å²) in [5, 5.41) is 4.41. The molecule has 0 atom stereocenters. The highest BCUT2D eigenvalue weighted by atomic mass is 19.4. The topological polar surface area (TPSA) is 34.9 Å². The van der Waals surface area contributed by atoms with Crippen molar-refractivity contribution in [2.45, 2.75) is 51.1 Å². The van der Waals surface area contributed by atoms with Crippen molar-refractivity contribution in [1.29, 1.82) is 0 Å². The molecule has 1 fully saturated rings. The van der Waals surface area contributed by atoms with Crippen LogP contribution in [0.3, 0.4) is 0 Å². The van der Waals surface area contributed by atoms with E-state index in [0.717, 1.165) is 16.9 Å². The molecule has 1 heterocycles. The zero-order chi connectivity index (χ0) is 18.0. The van der Waals surface area contributed by atoms with Gasteiger partial charge < -0.3 is 0 Å². The highest BCUT2D eigenvalue weighted by Gasteiger charge is 2.36. The second-order valence-corrected chi connectivity index (χ2v) is 6.81. The van der Waals surface area contributed by atoms with Gasteiger partial charge in [0.2, 0.25) is 0 Å². The van der Waals surface area contributed by atoms with Gasteiger partial charge in [0.05, 0.1) is 5.69 Å². The molecule has 2 aromatic rings. The number of hydrogen-bond donors (Lipinski definition) is 0. The number of benzene rings is 1. The van der Waals surface area contributed by atoms with Gasteiger partial charge in [-0.1, -0.05) is 12.1 Å². The average molecular weight is 350 g/mol. The summed E-state index contributed by atoms with van der Waals surface area (Å²) in [4.78, 5) is 11.8. The Morgan fingerprint density at radius 1 is 1.20 bits per heavy atom. The number of aryl methyl sites for hydroxylation is 1. The Bertz CT molecular complexity index is 743. The van der Waals surface area contributed by atoms with Crippen molar-refractivity contribution in [3.63, 3.8) is 0 Å². The van der Waals surface area contributed by atoms with Gasteiger partial charge in [-0.2, -0.15) is 18.3 Å². The minimum atomic E-state index is -4.41. The van der Waals surface area contributed by atoms with Gasteiger partial charge in [-0.05, 0) is 56.4 Å². The number of carbonyl (C=O) groups excluding carboxylic acids is 1. The second kappa shape index (κ2) is 7.02. The van der Waals surface area contributed by atoms with E-state index in [9.17, 15) is 18.0 Å². The van der Waals surface area contributed by atoms with E-state index in [-0.39, 0.29) is 5.92 Å². The van der Waals surface area contributed by atoms with E-state index in [1.165, 1.54) is 0 Å². The van der Waals surface area contributed by atoms with E-state index in [4.69, 9.17) is 0 Å². The number of rotatable bonds is 4. The Labute approximate surface area is 144 Å². The molecular formula is C19H21F3N2O. The zero-order valence-electron chi connectivity index (χ0n) is 14.1. The van der Waals surface area contributed by atoms with Gasteiger partial charge in [0.1, 0.15) is 12.2 Å². The molecule has 6 heteroatoms. The van der Waals surface area contributed by atoms with Crippen LogP contribution in [0.5, 0.6) is 0 Å². The molecule has 1 aliphatic carbocycles. The number of carbonyl (C=O) groups is 1. The maximum Gasteiger partial charge on any atom is 0.395 e. The fraction of sp³-hybridized carbons (Fsp3) is 0.474. The third kappa shape index (κ3) is 4.30. The standard InChI is InChI=1S/C19H21F3N2O/c1-13-3-2-4-16(11-13)24-17(9-10-23-24)14-5-7-15(8-6-14)18(25)12-19(20,21)22/h2-4,9-11,14-15H,5-8,12H2,1H3. The minimum Gasteiger partial charge on any atom is -0.299 e. The number of alkyl halides is 3. The van der Waals surface area contributed by atoms with Crippen LogP contribution in [0.25, 0.3) is 5.69 Å². The van der Waals surface area contributed by atoms with Gasteiger partial charge in [-0.25, -0.2) is 4.68 Å². The minimum absolute atomic E-state index is 0.220. The lowest BCUT2D eigenvalue weighted by molar-refractivity contribution is -0.155. The zero-order valence-corrected chi connectivity index (χ0v) is 14.1. The van der Waals surface area contributed by atoms with Crippen LogP contribution in [-0.2, 0) is 4.79 Å². The van der Waals surface area contributed by atoms with Crippen LogP contribution in [-0.4, -0.2) is 21.7 Å². The molecular weight excluding hydrogens is 329 g/mol. The van der Waals surface area contributed by atoms with Crippen molar-refractivity contribution in [3.8, 4) is 5.69 Å². The molecule has 1 aliphatic rings. The lowest BCUT2D eigenvalue weighted by Gasteiger charge is -2.28. The maximum absolute atomic E-state index is 12.4. The molecule has 1 aromatic heterocycles.